The lowest BCUT2D eigenvalue weighted by Crippen LogP contribution is -2.45. The molecule has 0 saturated carbocycles. The molecule has 6 nitrogen and oxygen atoms in total. The van der Waals surface area contributed by atoms with Crippen LogP contribution < -0.4 is 11.2 Å². The van der Waals surface area contributed by atoms with E-state index in [1.165, 1.54) is 6.42 Å². The first-order chi connectivity index (χ1) is 15.0. The number of halogens is 2. The summed E-state index contributed by atoms with van der Waals surface area (Å²) < 4.78 is 1.72. The zero-order valence-electron chi connectivity index (χ0n) is 17.4. The molecule has 0 bridgehead atoms. The van der Waals surface area contributed by atoms with Gasteiger partial charge in [0.1, 0.15) is 0 Å². The number of hydrazine groups is 1. The molecule has 162 valence electrons. The molecule has 1 aromatic heterocycles. The summed E-state index contributed by atoms with van der Waals surface area (Å²) in [4.78, 5) is 13.1. The highest BCUT2D eigenvalue weighted by Crippen LogP contribution is 2.33. The van der Waals surface area contributed by atoms with Crippen molar-refractivity contribution in [2.24, 2.45) is 5.73 Å². The molecular formula is C23H25Cl2N5O. The SMILES string of the molecule is Cc1c(C(=O)NN2CCCCC2)nn(-c2ccc(Cl)cc2Cl)c1-c1ccc(CN)cc1. The van der Waals surface area contributed by atoms with Crippen LogP contribution in [0.2, 0.25) is 10.0 Å². The van der Waals surface area contributed by atoms with Crippen molar-refractivity contribution in [2.45, 2.75) is 32.7 Å². The number of carbonyl (C=O) groups excluding carboxylic acids is 1. The molecule has 1 aliphatic heterocycles. The number of benzene rings is 2. The third-order valence-electron chi connectivity index (χ3n) is 5.55. The van der Waals surface area contributed by atoms with E-state index in [1.807, 2.05) is 36.2 Å². The summed E-state index contributed by atoms with van der Waals surface area (Å²) in [5.41, 5.74) is 13.3. The summed E-state index contributed by atoms with van der Waals surface area (Å²) in [6.45, 7) is 4.07. The molecule has 3 aromatic rings. The van der Waals surface area contributed by atoms with E-state index in [0.717, 1.165) is 48.3 Å². The first-order valence-electron chi connectivity index (χ1n) is 10.4. The zero-order chi connectivity index (χ0) is 22.0. The van der Waals surface area contributed by atoms with Crippen molar-refractivity contribution in [2.75, 3.05) is 13.1 Å². The largest absolute Gasteiger partial charge is 0.326 e. The molecular weight excluding hydrogens is 433 g/mol. The summed E-state index contributed by atoms with van der Waals surface area (Å²) in [6, 6.07) is 13.2. The predicted octanol–water partition coefficient (Wildman–Crippen LogP) is 4.74. The number of hydrogen-bond donors (Lipinski definition) is 2. The summed E-state index contributed by atoms with van der Waals surface area (Å²) >= 11 is 12.6. The Morgan fingerprint density at radius 2 is 1.81 bits per heavy atom. The molecule has 0 radical (unpaired) electrons. The Labute approximate surface area is 191 Å². The van der Waals surface area contributed by atoms with Gasteiger partial charge in [-0.2, -0.15) is 5.10 Å². The van der Waals surface area contributed by atoms with Gasteiger partial charge in [0.2, 0.25) is 0 Å². The second kappa shape index (κ2) is 9.40. The van der Waals surface area contributed by atoms with Gasteiger partial charge in [-0.25, -0.2) is 9.69 Å². The highest BCUT2D eigenvalue weighted by atomic mass is 35.5. The molecule has 1 amide bonds. The average molecular weight is 458 g/mol. The van der Waals surface area contributed by atoms with Crippen LogP contribution in [-0.4, -0.2) is 33.8 Å². The second-order valence-corrected chi connectivity index (χ2v) is 8.56. The molecule has 1 fully saturated rings. The maximum absolute atomic E-state index is 13.1. The Morgan fingerprint density at radius 1 is 1.10 bits per heavy atom. The van der Waals surface area contributed by atoms with Gasteiger partial charge >= 0.3 is 0 Å². The topological polar surface area (TPSA) is 76.2 Å². The lowest BCUT2D eigenvalue weighted by Gasteiger charge is -2.26. The summed E-state index contributed by atoms with van der Waals surface area (Å²) in [5, 5.41) is 7.64. The van der Waals surface area contributed by atoms with Crippen LogP contribution in [0.3, 0.4) is 0 Å². The van der Waals surface area contributed by atoms with E-state index < -0.39 is 0 Å². The maximum Gasteiger partial charge on any atom is 0.286 e. The molecule has 4 rings (SSSR count). The van der Waals surface area contributed by atoms with Crippen LogP contribution in [0.25, 0.3) is 16.9 Å². The normalized spacial score (nSPS) is 14.6. The van der Waals surface area contributed by atoms with Gasteiger partial charge in [-0.3, -0.25) is 10.2 Å². The minimum Gasteiger partial charge on any atom is -0.326 e. The van der Waals surface area contributed by atoms with Gasteiger partial charge in [0.05, 0.1) is 16.4 Å². The van der Waals surface area contributed by atoms with Crippen molar-refractivity contribution >= 4 is 29.1 Å². The molecule has 8 heteroatoms. The molecule has 1 aliphatic rings. The van der Waals surface area contributed by atoms with Crippen LogP contribution in [0.1, 0.15) is 40.9 Å². The standard InChI is InChI=1S/C23H25Cl2N5O/c1-15-21(23(31)28-29-11-3-2-4-12-29)27-30(20-10-9-18(24)13-19(20)25)22(15)17-7-5-16(14-26)6-8-17/h5-10,13H,2-4,11-12,14,26H2,1H3,(H,28,31). The Morgan fingerprint density at radius 3 is 2.45 bits per heavy atom. The number of aromatic nitrogens is 2. The summed E-state index contributed by atoms with van der Waals surface area (Å²) in [5.74, 6) is -0.219. The number of rotatable bonds is 5. The predicted molar refractivity (Wildman–Crippen MR) is 125 cm³/mol. The van der Waals surface area contributed by atoms with E-state index >= 15 is 0 Å². The van der Waals surface area contributed by atoms with Crippen molar-refractivity contribution < 1.29 is 4.79 Å². The Kier molecular flexibility index (Phi) is 6.62. The third-order valence-corrected chi connectivity index (χ3v) is 6.09. The smallest absolute Gasteiger partial charge is 0.286 e. The fourth-order valence-electron chi connectivity index (χ4n) is 3.88. The van der Waals surface area contributed by atoms with Crippen LogP contribution >= 0.6 is 23.2 Å². The van der Waals surface area contributed by atoms with Crippen LogP contribution in [0.15, 0.2) is 42.5 Å². The monoisotopic (exact) mass is 457 g/mol. The lowest BCUT2D eigenvalue weighted by atomic mass is 10.0. The Balaban J connectivity index is 1.79. The fraction of sp³-hybridized carbons (Fsp3) is 0.304. The van der Waals surface area contributed by atoms with E-state index in [-0.39, 0.29) is 5.91 Å². The molecule has 0 spiro atoms. The van der Waals surface area contributed by atoms with Crippen molar-refractivity contribution in [1.29, 1.82) is 0 Å². The first-order valence-corrected chi connectivity index (χ1v) is 11.1. The molecule has 1 saturated heterocycles. The lowest BCUT2D eigenvalue weighted by molar-refractivity contribution is 0.0743. The van der Waals surface area contributed by atoms with Crippen molar-refractivity contribution in [1.82, 2.24) is 20.2 Å². The number of hydrogen-bond acceptors (Lipinski definition) is 4. The Bertz CT molecular complexity index is 1090. The summed E-state index contributed by atoms with van der Waals surface area (Å²) in [7, 11) is 0. The summed E-state index contributed by atoms with van der Waals surface area (Å²) in [6.07, 6.45) is 3.34. The second-order valence-electron chi connectivity index (χ2n) is 7.72. The van der Waals surface area contributed by atoms with Gasteiger partial charge in [-0.15, -0.1) is 0 Å². The van der Waals surface area contributed by atoms with Gasteiger partial charge < -0.3 is 5.73 Å². The third kappa shape index (κ3) is 4.62. The highest BCUT2D eigenvalue weighted by Gasteiger charge is 2.24. The highest BCUT2D eigenvalue weighted by molar-refractivity contribution is 6.35. The van der Waals surface area contributed by atoms with E-state index in [0.29, 0.717) is 28.0 Å². The Hall–Kier alpha value is -2.38. The van der Waals surface area contributed by atoms with Crippen LogP contribution in [0.4, 0.5) is 0 Å². The van der Waals surface area contributed by atoms with Gasteiger partial charge in [0.25, 0.3) is 5.91 Å². The molecule has 0 aliphatic carbocycles. The molecule has 2 aromatic carbocycles. The van der Waals surface area contributed by atoms with Crippen LogP contribution in [0.5, 0.6) is 0 Å². The van der Waals surface area contributed by atoms with E-state index in [2.05, 4.69) is 10.5 Å². The number of piperidine rings is 1. The maximum atomic E-state index is 13.1. The number of amides is 1. The first kappa shape index (κ1) is 21.8. The molecule has 2 heterocycles. The quantitative estimate of drug-likeness (QED) is 0.579. The van der Waals surface area contributed by atoms with E-state index in [9.17, 15) is 4.79 Å². The van der Waals surface area contributed by atoms with E-state index in [1.54, 1.807) is 22.9 Å². The fourth-order valence-corrected chi connectivity index (χ4v) is 4.37. The average Bonchev–Trinajstić information content (AvgIpc) is 3.11. The number of nitrogens with zero attached hydrogens (tertiary/aromatic N) is 3. The van der Waals surface area contributed by atoms with Crippen LogP contribution in [0, 0.1) is 6.92 Å². The minimum absolute atomic E-state index is 0.219. The minimum atomic E-state index is -0.219. The number of nitrogens with two attached hydrogens (primary N) is 1. The van der Waals surface area contributed by atoms with Gasteiger partial charge in [0.15, 0.2) is 5.69 Å². The van der Waals surface area contributed by atoms with Crippen molar-refractivity contribution in [3.63, 3.8) is 0 Å². The molecule has 31 heavy (non-hydrogen) atoms. The van der Waals surface area contributed by atoms with Gasteiger partial charge in [0, 0.05) is 35.8 Å². The van der Waals surface area contributed by atoms with E-state index in [4.69, 9.17) is 28.9 Å². The van der Waals surface area contributed by atoms with Crippen molar-refractivity contribution in [3.05, 3.63) is 69.3 Å². The van der Waals surface area contributed by atoms with Gasteiger partial charge in [-0.1, -0.05) is 53.9 Å². The molecule has 0 atom stereocenters. The zero-order valence-corrected chi connectivity index (χ0v) is 18.9. The number of nitrogens with one attached hydrogen (secondary N) is 1. The molecule has 0 unspecified atom stereocenters. The van der Waals surface area contributed by atoms with Crippen molar-refractivity contribution in [3.8, 4) is 16.9 Å². The number of carbonyl (C=O) groups is 1. The van der Waals surface area contributed by atoms with Crippen LogP contribution in [-0.2, 0) is 6.54 Å². The molecule has 3 N–H and O–H groups in total. The van der Waals surface area contributed by atoms with Gasteiger partial charge in [-0.05, 0) is 43.5 Å².